The van der Waals surface area contributed by atoms with Gasteiger partial charge in [-0.05, 0) is 24.1 Å². The summed E-state index contributed by atoms with van der Waals surface area (Å²) in [5.74, 6) is -0.183. The van der Waals surface area contributed by atoms with Crippen molar-refractivity contribution >= 4 is 0 Å². The second-order valence-electron chi connectivity index (χ2n) is 2.74. The molecule has 1 aromatic rings. The van der Waals surface area contributed by atoms with Gasteiger partial charge in [0, 0.05) is 0 Å². The molecule has 0 amide bonds. The zero-order chi connectivity index (χ0) is 8.97. The molecular formula is C10H12O2Zn+2. The normalized spacial score (nSPS) is 9.00. The van der Waals surface area contributed by atoms with Gasteiger partial charge < -0.3 is 5.11 Å². The molecule has 0 saturated carbocycles. The van der Waals surface area contributed by atoms with Gasteiger partial charge >= 0.3 is 19.5 Å². The van der Waals surface area contributed by atoms with E-state index in [9.17, 15) is 4.79 Å². The van der Waals surface area contributed by atoms with Gasteiger partial charge in [-0.25, -0.2) is 0 Å². The monoisotopic (exact) mass is 228 g/mol. The molecule has 0 saturated heterocycles. The van der Waals surface area contributed by atoms with E-state index in [1.54, 1.807) is 6.07 Å². The quantitative estimate of drug-likeness (QED) is 0.784. The van der Waals surface area contributed by atoms with Crippen molar-refractivity contribution in [1.29, 1.82) is 0 Å². The molecule has 1 N–H and O–H groups in total. The number of aromatic hydroxyl groups is 1. The average Bonchev–Trinajstić information content (AvgIpc) is 2.16. The first-order valence-electron chi connectivity index (χ1n) is 4.06. The Morgan fingerprint density at radius 3 is 2.69 bits per heavy atom. The molecule has 0 aliphatic heterocycles. The Morgan fingerprint density at radius 2 is 2.08 bits per heavy atom. The third kappa shape index (κ3) is 3.69. The first kappa shape index (κ1) is 12.3. The van der Waals surface area contributed by atoms with Gasteiger partial charge in [0.2, 0.25) is 5.43 Å². The molecule has 0 aliphatic rings. The third-order valence-electron chi connectivity index (χ3n) is 1.67. The molecule has 0 spiro atoms. The average molecular weight is 230 g/mol. The molecule has 64 valence electrons. The van der Waals surface area contributed by atoms with Crippen LogP contribution in [-0.4, -0.2) is 5.11 Å². The summed E-state index contributed by atoms with van der Waals surface area (Å²) in [4.78, 5) is 11.1. The molecular weight excluding hydrogens is 217 g/mol. The van der Waals surface area contributed by atoms with Crippen LogP contribution in [0.15, 0.2) is 29.1 Å². The van der Waals surface area contributed by atoms with Crippen LogP contribution < -0.4 is 5.43 Å². The van der Waals surface area contributed by atoms with E-state index in [2.05, 4.69) is 6.92 Å². The van der Waals surface area contributed by atoms with Gasteiger partial charge in [0.15, 0.2) is 5.75 Å². The summed E-state index contributed by atoms with van der Waals surface area (Å²) >= 11 is 0. The number of hydrogen-bond acceptors (Lipinski definition) is 2. The van der Waals surface area contributed by atoms with E-state index < -0.39 is 0 Å². The summed E-state index contributed by atoms with van der Waals surface area (Å²) in [5.41, 5.74) is 0.672. The summed E-state index contributed by atoms with van der Waals surface area (Å²) in [6, 6.07) is 6.45. The molecule has 1 rings (SSSR count). The topological polar surface area (TPSA) is 37.3 Å². The summed E-state index contributed by atoms with van der Waals surface area (Å²) in [6.45, 7) is 2.05. The molecule has 2 nitrogen and oxygen atoms in total. The molecule has 0 aromatic heterocycles. The maximum absolute atomic E-state index is 11.1. The maximum Gasteiger partial charge on any atom is 2.00 e. The van der Waals surface area contributed by atoms with Gasteiger partial charge in [-0.2, -0.15) is 0 Å². The van der Waals surface area contributed by atoms with Crippen molar-refractivity contribution in [3.63, 3.8) is 0 Å². The Kier molecular flexibility index (Phi) is 5.56. The number of rotatable bonds is 2. The molecule has 1 aromatic carbocycles. The SMILES string of the molecule is CCCc1cccc(O)c(=O)c1.[Zn+2]. The minimum Gasteiger partial charge on any atom is -0.504 e. The fourth-order valence-electron chi connectivity index (χ4n) is 1.08. The summed E-state index contributed by atoms with van der Waals surface area (Å²) in [5, 5.41) is 9.06. The standard InChI is InChI=1S/C10H12O2.Zn/c1-2-4-8-5-3-6-9(11)10(12)7-8;/h3,5-7H,2,4H2,1H3,(H,11,12);/q;+2. The predicted octanol–water partition coefficient (Wildman–Crippen LogP) is 1.70. The van der Waals surface area contributed by atoms with Gasteiger partial charge in [0.1, 0.15) is 0 Å². The number of hydrogen-bond donors (Lipinski definition) is 1. The van der Waals surface area contributed by atoms with Crippen LogP contribution in [0.25, 0.3) is 0 Å². The minimum atomic E-state index is -0.302. The van der Waals surface area contributed by atoms with Gasteiger partial charge in [-0.3, -0.25) is 4.79 Å². The Labute approximate surface area is 90.4 Å². The number of aryl methyl sites for hydroxylation is 1. The van der Waals surface area contributed by atoms with Crippen molar-refractivity contribution in [2.75, 3.05) is 0 Å². The second-order valence-corrected chi connectivity index (χ2v) is 2.74. The Hall–Kier alpha value is -0.687. The van der Waals surface area contributed by atoms with Crippen LogP contribution in [0.2, 0.25) is 0 Å². The van der Waals surface area contributed by atoms with Gasteiger partial charge in [0.25, 0.3) is 0 Å². The summed E-state index contributed by atoms with van der Waals surface area (Å²) < 4.78 is 0. The van der Waals surface area contributed by atoms with Gasteiger partial charge in [0.05, 0.1) is 0 Å². The molecule has 0 unspecified atom stereocenters. The Morgan fingerprint density at radius 1 is 1.38 bits per heavy atom. The Balaban J connectivity index is 0.00000144. The first-order valence-corrected chi connectivity index (χ1v) is 4.06. The predicted molar refractivity (Wildman–Crippen MR) is 48.4 cm³/mol. The van der Waals surface area contributed by atoms with Crippen LogP contribution in [0, 0.1) is 0 Å². The fourth-order valence-corrected chi connectivity index (χ4v) is 1.08. The van der Waals surface area contributed by atoms with Crippen molar-refractivity contribution in [3.8, 4) is 5.75 Å². The van der Waals surface area contributed by atoms with Gasteiger partial charge in [-0.15, -0.1) is 0 Å². The van der Waals surface area contributed by atoms with E-state index >= 15 is 0 Å². The van der Waals surface area contributed by atoms with Crippen LogP contribution in [0.1, 0.15) is 18.9 Å². The second kappa shape index (κ2) is 5.87. The van der Waals surface area contributed by atoms with Crippen molar-refractivity contribution in [2.24, 2.45) is 0 Å². The maximum atomic E-state index is 11.1. The van der Waals surface area contributed by atoms with Crippen LogP contribution in [0.5, 0.6) is 5.75 Å². The van der Waals surface area contributed by atoms with E-state index in [4.69, 9.17) is 5.11 Å². The van der Waals surface area contributed by atoms with Crippen LogP contribution >= 0.6 is 0 Å². The van der Waals surface area contributed by atoms with E-state index in [0.29, 0.717) is 0 Å². The zero-order valence-electron chi connectivity index (χ0n) is 7.79. The summed E-state index contributed by atoms with van der Waals surface area (Å²) in [6.07, 6.45) is 1.88. The molecule has 0 fully saturated rings. The molecule has 0 radical (unpaired) electrons. The zero-order valence-corrected chi connectivity index (χ0v) is 10.8. The smallest absolute Gasteiger partial charge is 0.504 e. The van der Waals surface area contributed by atoms with E-state index in [-0.39, 0.29) is 30.7 Å². The molecule has 13 heavy (non-hydrogen) atoms. The van der Waals surface area contributed by atoms with Crippen molar-refractivity contribution < 1.29 is 24.6 Å². The van der Waals surface area contributed by atoms with Gasteiger partial charge in [-0.1, -0.05) is 25.5 Å². The Bertz CT molecular complexity index is 323. The van der Waals surface area contributed by atoms with E-state index in [1.165, 1.54) is 12.1 Å². The van der Waals surface area contributed by atoms with Crippen molar-refractivity contribution in [1.82, 2.24) is 0 Å². The largest absolute Gasteiger partial charge is 2.00 e. The van der Waals surface area contributed by atoms with Crippen molar-refractivity contribution in [3.05, 3.63) is 40.1 Å². The molecule has 0 bridgehead atoms. The fraction of sp³-hybridized carbons (Fsp3) is 0.300. The molecule has 0 aliphatic carbocycles. The molecule has 3 heteroatoms. The van der Waals surface area contributed by atoms with Crippen molar-refractivity contribution in [2.45, 2.75) is 19.8 Å². The molecule has 0 heterocycles. The van der Waals surface area contributed by atoms with Crippen LogP contribution in [0.3, 0.4) is 0 Å². The summed E-state index contributed by atoms with van der Waals surface area (Å²) in [7, 11) is 0. The van der Waals surface area contributed by atoms with Crippen LogP contribution in [-0.2, 0) is 25.9 Å². The molecule has 0 atom stereocenters. The van der Waals surface area contributed by atoms with E-state index in [0.717, 1.165) is 18.4 Å². The van der Waals surface area contributed by atoms with Crippen LogP contribution in [0.4, 0.5) is 0 Å². The first-order chi connectivity index (χ1) is 5.74. The minimum absolute atomic E-state index is 0. The van der Waals surface area contributed by atoms with E-state index in [1.807, 2.05) is 6.07 Å². The third-order valence-corrected chi connectivity index (χ3v) is 1.67.